The van der Waals surface area contributed by atoms with Crippen molar-refractivity contribution in [3.05, 3.63) is 36.2 Å². The largest absolute Gasteiger partial charge is 0.481 e. The number of carbonyl (C=O) groups excluding carboxylic acids is 1. The molecule has 1 aromatic heterocycles. The van der Waals surface area contributed by atoms with Crippen molar-refractivity contribution >= 4 is 22.9 Å². The van der Waals surface area contributed by atoms with Gasteiger partial charge in [-0.3, -0.25) is 19.6 Å². The van der Waals surface area contributed by atoms with Gasteiger partial charge in [-0.05, 0) is 24.6 Å². The van der Waals surface area contributed by atoms with Crippen LogP contribution in [-0.2, 0) is 9.53 Å². The monoisotopic (exact) mass is 327 g/mol. The van der Waals surface area contributed by atoms with Crippen LogP contribution in [0, 0.1) is 11.3 Å². The van der Waals surface area contributed by atoms with Crippen molar-refractivity contribution in [2.45, 2.75) is 6.42 Å². The van der Waals surface area contributed by atoms with Gasteiger partial charge in [-0.15, -0.1) is 0 Å². The van der Waals surface area contributed by atoms with E-state index in [2.05, 4.69) is 9.97 Å². The summed E-state index contributed by atoms with van der Waals surface area (Å²) in [6.45, 7) is 1.45. The minimum atomic E-state index is -0.884. The SMILES string of the molecule is O=C(c1ccc2nccnc2c1)N1C[C@H]2COCC[C@@]2(C(=O)O)C1. The number of aliphatic carboxylic acids is 1. The molecule has 3 heterocycles. The molecule has 7 nitrogen and oxygen atoms in total. The molecule has 0 radical (unpaired) electrons. The second-order valence-electron chi connectivity index (χ2n) is 6.43. The molecule has 2 atom stereocenters. The Morgan fingerprint density at radius 1 is 1.25 bits per heavy atom. The molecule has 0 spiro atoms. The average Bonchev–Trinajstić information content (AvgIpc) is 3.02. The maximum atomic E-state index is 12.8. The number of ether oxygens (including phenoxy) is 1. The molecule has 2 aromatic rings. The number of benzene rings is 1. The van der Waals surface area contributed by atoms with Gasteiger partial charge in [-0.1, -0.05) is 0 Å². The number of nitrogens with zero attached hydrogens (tertiary/aromatic N) is 3. The van der Waals surface area contributed by atoms with Crippen molar-refractivity contribution < 1.29 is 19.4 Å². The smallest absolute Gasteiger partial charge is 0.311 e. The van der Waals surface area contributed by atoms with Crippen molar-refractivity contribution in [2.75, 3.05) is 26.3 Å². The summed E-state index contributed by atoms with van der Waals surface area (Å²) in [4.78, 5) is 34.7. The van der Waals surface area contributed by atoms with Crippen molar-refractivity contribution in [1.29, 1.82) is 0 Å². The first-order valence-corrected chi connectivity index (χ1v) is 7.91. The second-order valence-corrected chi connectivity index (χ2v) is 6.43. The quantitative estimate of drug-likeness (QED) is 0.891. The number of aromatic nitrogens is 2. The van der Waals surface area contributed by atoms with Crippen LogP contribution < -0.4 is 0 Å². The summed E-state index contributed by atoms with van der Waals surface area (Å²) < 4.78 is 5.43. The maximum absolute atomic E-state index is 12.8. The lowest BCUT2D eigenvalue weighted by Gasteiger charge is -2.33. The molecule has 1 N–H and O–H groups in total. The Kier molecular flexibility index (Phi) is 3.45. The van der Waals surface area contributed by atoms with Crippen molar-refractivity contribution in [3.63, 3.8) is 0 Å². The maximum Gasteiger partial charge on any atom is 0.311 e. The van der Waals surface area contributed by atoms with Gasteiger partial charge in [0.2, 0.25) is 0 Å². The lowest BCUT2D eigenvalue weighted by Crippen LogP contribution is -2.45. The van der Waals surface area contributed by atoms with Crippen LogP contribution in [0.5, 0.6) is 0 Å². The molecule has 2 saturated heterocycles. The van der Waals surface area contributed by atoms with Crippen LogP contribution in [0.4, 0.5) is 0 Å². The van der Waals surface area contributed by atoms with Gasteiger partial charge in [0.05, 0.1) is 23.1 Å². The van der Waals surface area contributed by atoms with E-state index in [1.807, 2.05) is 0 Å². The normalized spacial score (nSPS) is 26.3. The van der Waals surface area contributed by atoms with Crippen LogP contribution in [0.1, 0.15) is 16.8 Å². The number of carbonyl (C=O) groups is 2. The summed E-state index contributed by atoms with van der Waals surface area (Å²) in [7, 11) is 0. The van der Waals surface area contributed by atoms with E-state index < -0.39 is 11.4 Å². The zero-order valence-corrected chi connectivity index (χ0v) is 13.0. The Labute approximate surface area is 138 Å². The van der Waals surface area contributed by atoms with Crippen molar-refractivity contribution in [1.82, 2.24) is 14.9 Å². The highest BCUT2D eigenvalue weighted by atomic mass is 16.5. The molecule has 24 heavy (non-hydrogen) atoms. The third-order valence-corrected chi connectivity index (χ3v) is 5.14. The first-order valence-electron chi connectivity index (χ1n) is 7.91. The highest BCUT2D eigenvalue weighted by Crippen LogP contribution is 2.42. The molecule has 0 bridgehead atoms. The van der Waals surface area contributed by atoms with Gasteiger partial charge in [0.25, 0.3) is 5.91 Å². The van der Waals surface area contributed by atoms with Gasteiger partial charge < -0.3 is 14.7 Å². The highest BCUT2D eigenvalue weighted by Gasteiger charge is 2.54. The van der Waals surface area contributed by atoms with E-state index in [4.69, 9.17) is 4.74 Å². The van der Waals surface area contributed by atoms with Gasteiger partial charge >= 0.3 is 5.97 Å². The summed E-state index contributed by atoms with van der Waals surface area (Å²) in [5.74, 6) is -1.17. The number of fused-ring (bicyclic) bond motifs is 2. The summed E-state index contributed by atoms with van der Waals surface area (Å²) in [5.41, 5.74) is 0.990. The molecule has 124 valence electrons. The fraction of sp³-hybridized carbons (Fsp3) is 0.412. The molecular formula is C17H17N3O4. The van der Waals surface area contributed by atoms with E-state index in [0.717, 1.165) is 5.52 Å². The van der Waals surface area contributed by atoms with Gasteiger partial charge in [-0.2, -0.15) is 0 Å². The Bertz CT molecular complexity index is 824. The number of carboxylic acid groups (broad SMARTS) is 1. The van der Waals surface area contributed by atoms with Crippen molar-refractivity contribution in [3.8, 4) is 0 Å². The van der Waals surface area contributed by atoms with E-state index in [1.165, 1.54) is 0 Å². The standard InChI is InChI=1S/C17H17N3O4/c21-15(11-1-2-13-14(7-11)19-5-4-18-13)20-8-12-9-24-6-3-17(12,10-20)16(22)23/h1-2,4-5,7,12H,3,6,8-10H2,(H,22,23)/t12-,17+/m0/s1. The Balaban J connectivity index is 1.63. The minimum absolute atomic E-state index is 0.159. The molecule has 0 aliphatic carbocycles. The summed E-state index contributed by atoms with van der Waals surface area (Å²) in [6, 6.07) is 5.18. The fourth-order valence-corrected chi connectivity index (χ4v) is 3.73. The van der Waals surface area contributed by atoms with Crippen LogP contribution in [0.3, 0.4) is 0 Å². The molecule has 2 aliphatic heterocycles. The zero-order valence-electron chi connectivity index (χ0n) is 13.0. The lowest BCUT2D eigenvalue weighted by molar-refractivity contribution is -0.157. The number of hydrogen-bond acceptors (Lipinski definition) is 5. The Hall–Kier alpha value is -2.54. The molecule has 7 heteroatoms. The lowest BCUT2D eigenvalue weighted by atomic mass is 9.74. The third kappa shape index (κ3) is 2.24. The van der Waals surface area contributed by atoms with Gasteiger partial charge in [-0.25, -0.2) is 0 Å². The Morgan fingerprint density at radius 3 is 2.79 bits per heavy atom. The van der Waals surface area contributed by atoms with Crippen LogP contribution in [0.15, 0.2) is 30.6 Å². The van der Waals surface area contributed by atoms with E-state index in [9.17, 15) is 14.7 Å². The highest BCUT2D eigenvalue weighted by molar-refractivity contribution is 5.98. The van der Waals surface area contributed by atoms with E-state index >= 15 is 0 Å². The predicted octanol–water partition coefficient (Wildman–Crippen LogP) is 1.19. The molecule has 2 aliphatic rings. The predicted molar refractivity (Wildman–Crippen MR) is 84.4 cm³/mol. The van der Waals surface area contributed by atoms with Crippen LogP contribution >= 0.6 is 0 Å². The summed E-state index contributed by atoms with van der Waals surface area (Å²) in [6.07, 6.45) is 3.63. The van der Waals surface area contributed by atoms with Crippen LogP contribution in [-0.4, -0.2) is 58.2 Å². The van der Waals surface area contributed by atoms with Crippen molar-refractivity contribution in [2.24, 2.45) is 11.3 Å². The number of hydrogen-bond donors (Lipinski definition) is 1. The molecule has 4 rings (SSSR count). The molecule has 1 aromatic carbocycles. The average molecular weight is 327 g/mol. The number of likely N-dealkylation sites (tertiary alicyclic amines) is 1. The van der Waals surface area contributed by atoms with Gasteiger partial charge in [0.15, 0.2) is 0 Å². The molecule has 0 unspecified atom stereocenters. The number of amides is 1. The Morgan fingerprint density at radius 2 is 2.04 bits per heavy atom. The van der Waals surface area contributed by atoms with Crippen LogP contribution in [0.25, 0.3) is 11.0 Å². The first kappa shape index (κ1) is 15.0. The number of carboxylic acids is 1. The van der Waals surface area contributed by atoms with Gasteiger partial charge in [0, 0.05) is 43.6 Å². The van der Waals surface area contributed by atoms with E-state index in [0.29, 0.717) is 37.3 Å². The molecular weight excluding hydrogens is 310 g/mol. The zero-order chi connectivity index (χ0) is 16.7. The first-order chi connectivity index (χ1) is 11.6. The molecule has 1 amide bonds. The van der Waals surface area contributed by atoms with Gasteiger partial charge in [0.1, 0.15) is 0 Å². The summed E-state index contributed by atoms with van der Waals surface area (Å²) >= 11 is 0. The van der Waals surface area contributed by atoms with E-state index in [1.54, 1.807) is 35.5 Å². The molecule has 2 fully saturated rings. The topological polar surface area (TPSA) is 92.6 Å². The molecule has 0 saturated carbocycles. The van der Waals surface area contributed by atoms with E-state index in [-0.39, 0.29) is 18.4 Å². The van der Waals surface area contributed by atoms with Crippen LogP contribution in [0.2, 0.25) is 0 Å². The third-order valence-electron chi connectivity index (χ3n) is 5.14. The fourth-order valence-electron chi connectivity index (χ4n) is 3.73. The summed E-state index contributed by atoms with van der Waals surface area (Å²) in [5, 5.41) is 9.70. The minimum Gasteiger partial charge on any atom is -0.481 e. The second kappa shape index (κ2) is 5.52. The number of rotatable bonds is 2.